The predicted molar refractivity (Wildman–Crippen MR) is 99.3 cm³/mol. The van der Waals surface area contributed by atoms with Crippen LogP contribution in [0.5, 0.6) is 0 Å². The summed E-state index contributed by atoms with van der Waals surface area (Å²) in [5, 5.41) is 9.87. The molecule has 0 aliphatic heterocycles. The van der Waals surface area contributed by atoms with Crippen LogP contribution in [0.25, 0.3) is 11.5 Å². The Morgan fingerprint density at radius 2 is 2.15 bits per heavy atom. The van der Waals surface area contributed by atoms with E-state index in [9.17, 15) is 9.59 Å². The summed E-state index contributed by atoms with van der Waals surface area (Å²) in [6, 6.07) is 1.78. The van der Waals surface area contributed by atoms with Crippen molar-refractivity contribution < 1.29 is 4.79 Å². The Morgan fingerprint density at radius 3 is 2.73 bits per heavy atom. The SMILES string of the molecule is Cc1cc(C)n(C[C@H](C)NC(=O)c2cnc(-c3csc(C)n3)[nH]c2=O)n1. The molecule has 0 aliphatic carbocycles. The van der Waals surface area contributed by atoms with E-state index in [0.717, 1.165) is 16.4 Å². The van der Waals surface area contributed by atoms with Crippen LogP contribution in [0.2, 0.25) is 0 Å². The number of carbonyl (C=O) groups is 1. The second-order valence-electron chi connectivity index (χ2n) is 6.21. The zero-order valence-electron chi connectivity index (χ0n) is 15.0. The van der Waals surface area contributed by atoms with Gasteiger partial charge in [-0.1, -0.05) is 0 Å². The van der Waals surface area contributed by atoms with Crippen LogP contribution in [0.3, 0.4) is 0 Å². The summed E-state index contributed by atoms with van der Waals surface area (Å²) in [5.74, 6) is -0.111. The quantitative estimate of drug-likeness (QED) is 0.711. The zero-order valence-corrected chi connectivity index (χ0v) is 15.8. The van der Waals surface area contributed by atoms with Gasteiger partial charge in [0.2, 0.25) is 0 Å². The number of aromatic amines is 1. The summed E-state index contributed by atoms with van der Waals surface area (Å²) in [6.07, 6.45) is 1.29. The van der Waals surface area contributed by atoms with E-state index >= 15 is 0 Å². The average Bonchev–Trinajstić information content (AvgIpc) is 3.12. The van der Waals surface area contributed by atoms with Crippen LogP contribution in [0.4, 0.5) is 0 Å². The van der Waals surface area contributed by atoms with Crippen LogP contribution in [-0.2, 0) is 6.54 Å². The van der Waals surface area contributed by atoms with Crippen molar-refractivity contribution in [3.8, 4) is 11.5 Å². The molecule has 0 fully saturated rings. The number of aryl methyl sites for hydroxylation is 3. The molecule has 0 aromatic carbocycles. The first-order valence-electron chi connectivity index (χ1n) is 8.17. The van der Waals surface area contributed by atoms with Gasteiger partial charge in [0, 0.05) is 23.3 Å². The van der Waals surface area contributed by atoms with Crippen molar-refractivity contribution in [2.45, 2.75) is 40.3 Å². The van der Waals surface area contributed by atoms with Gasteiger partial charge in [0.15, 0.2) is 5.82 Å². The fraction of sp³-hybridized carbons (Fsp3) is 0.353. The van der Waals surface area contributed by atoms with Crippen LogP contribution in [0.1, 0.15) is 33.7 Å². The molecule has 9 heteroatoms. The number of amides is 1. The summed E-state index contributed by atoms with van der Waals surface area (Å²) in [7, 11) is 0. The lowest BCUT2D eigenvalue weighted by Gasteiger charge is -2.14. The maximum Gasteiger partial charge on any atom is 0.264 e. The third-order valence-electron chi connectivity index (χ3n) is 3.83. The Bertz CT molecular complexity index is 1000. The average molecular weight is 372 g/mol. The minimum Gasteiger partial charge on any atom is -0.347 e. The Kier molecular flexibility index (Phi) is 4.99. The number of thiazole rings is 1. The highest BCUT2D eigenvalue weighted by Gasteiger charge is 2.16. The first kappa shape index (κ1) is 18.0. The topological polar surface area (TPSA) is 106 Å². The van der Waals surface area contributed by atoms with Crippen LogP contribution in [0, 0.1) is 20.8 Å². The van der Waals surface area contributed by atoms with E-state index in [1.807, 2.05) is 43.8 Å². The number of hydrogen-bond acceptors (Lipinski definition) is 6. The molecular weight excluding hydrogens is 352 g/mol. The number of nitrogens with one attached hydrogen (secondary N) is 2. The molecule has 0 saturated heterocycles. The van der Waals surface area contributed by atoms with Gasteiger partial charge < -0.3 is 10.3 Å². The first-order chi connectivity index (χ1) is 12.3. The number of aromatic nitrogens is 5. The van der Waals surface area contributed by atoms with Gasteiger partial charge in [0.25, 0.3) is 11.5 Å². The third-order valence-corrected chi connectivity index (χ3v) is 4.61. The summed E-state index contributed by atoms with van der Waals surface area (Å²) in [4.78, 5) is 35.7. The Hall–Kier alpha value is -2.81. The van der Waals surface area contributed by atoms with E-state index in [0.29, 0.717) is 18.1 Å². The molecule has 0 radical (unpaired) electrons. The monoisotopic (exact) mass is 372 g/mol. The largest absolute Gasteiger partial charge is 0.347 e. The van der Waals surface area contributed by atoms with Gasteiger partial charge in [-0.15, -0.1) is 11.3 Å². The lowest BCUT2D eigenvalue weighted by molar-refractivity contribution is 0.0934. The van der Waals surface area contributed by atoms with Crippen molar-refractivity contribution in [1.82, 2.24) is 30.0 Å². The van der Waals surface area contributed by atoms with E-state index < -0.39 is 11.5 Å². The molecule has 1 atom stereocenters. The van der Waals surface area contributed by atoms with Gasteiger partial charge in [-0.3, -0.25) is 14.3 Å². The van der Waals surface area contributed by atoms with Gasteiger partial charge in [-0.2, -0.15) is 5.10 Å². The van der Waals surface area contributed by atoms with Gasteiger partial charge >= 0.3 is 0 Å². The lowest BCUT2D eigenvalue weighted by atomic mass is 10.2. The van der Waals surface area contributed by atoms with Crippen molar-refractivity contribution in [2.75, 3.05) is 0 Å². The van der Waals surface area contributed by atoms with Crippen molar-refractivity contribution in [3.05, 3.63) is 50.0 Å². The summed E-state index contributed by atoms with van der Waals surface area (Å²) in [6.45, 7) is 8.14. The molecule has 2 N–H and O–H groups in total. The van der Waals surface area contributed by atoms with E-state index in [-0.39, 0.29) is 11.6 Å². The second kappa shape index (κ2) is 7.20. The minimum absolute atomic E-state index is 0.0269. The Balaban J connectivity index is 1.71. The van der Waals surface area contributed by atoms with E-state index in [1.54, 1.807) is 0 Å². The molecule has 0 saturated carbocycles. The highest BCUT2D eigenvalue weighted by Crippen LogP contribution is 2.16. The molecule has 0 spiro atoms. The standard InChI is InChI=1S/C17H20N6O2S/c1-9-5-11(3)23(22-9)7-10(2)19-16(24)13-6-18-15(21-17(13)25)14-8-26-12(4)20-14/h5-6,8,10H,7H2,1-4H3,(H,19,24)(H,18,21,25)/t10-/m0/s1. The highest BCUT2D eigenvalue weighted by molar-refractivity contribution is 7.09. The molecular formula is C17H20N6O2S. The minimum atomic E-state index is -0.489. The van der Waals surface area contributed by atoms with E-state index in [1.165, 1.54) is 17.5 Å². The molecule has 3 heterocycles. The van der Waals surface area contributed by atoms with Gasteiger partial charge in [-0.25, -0.2) is 9.97 Å². The van der Waals surface area contributed by atoms with E-state index in [4.69, 9.17) is 0 Å². The second-order valence-corrected chi connectivity index (χ2v) is 7.27. The number of carbonyl (C=O) groups excluding carboxylic acids is 1. The van der Waals surface area contributed by atoms with Crippen molar-refractivity contribution in [2.24, 2.45) is 0 Å². The maximum atomic E-state index is 12.4. The fourth-order valence-corrected chi connectivity index (χ4v) is 3.22. The number of H-pyrrole nitrogens is 1. The van der Waals surface area contributed by atoms with Crippen LogP contribution in [-0.4, -0.2) is 36.7 Å². The molecule has 8 nitrogen and oxygen atoms in total. The van der Waals surface area contributed by atoms with Crippen LogP contribution >= 0.6 is 11.3 Å². The van der Waals surface area contributed by atoms with Crippen LogP contribution in [0.15, 0.2) is 22.4 Å². The summed E-state index contributed by atoms with van der Waals surface area (Å²) in [5.41, 5.74) is 2.02. The number of rotatable bonds is 5. The van der Waals surface area contributed by atoms with E-state index in [2.05, 4.69) is 25.4 Å². The van der Waals surface area contributed by atoms with Crippen LogP contribution < -0.4 is 10.9 Å². The van der Waals surface area contributed by atoms with Gasteiger partial charge in [-0.05, 0) is 33.8 Å². The van der Waals surface area contributed by atoms with Gasteiger partial charge in [0.1, 0.15) is 11.3 Å². The Morgan fingerprint density at radius 1 is 1.38 bits per heavy atom. The number of nitrogens with zero attached hydrogens (tertiary/aromatic N) is 4. The smallest absolute Gasteiger partial charge is 0.264 e. The first-order valence-corrected chi connectivity index (χ1v) is 9.05. The predicted octanol–water partition coefficient (Wildman–Crippen LogP) is 1.83. The number of hydrogen-bond donors (Lipinski definition) is 2. The molecule has 3 rings (SSSR count). The van der Waals surface area contributed by atoms with Gasteiger partial charge in [0.05, 0.1) is 17.2 Å². The molecule has 0 aliphatic rings. The zero-order chi connectivity index (χ0) is 18.8. The molecule has 0 bridgehead atoms. The highest BCUT2D eigenvalue weighted by atomic mass is 32.1. The molecule has 136 valence electrons. The molecule has 3 aromatic rings. The molecule has 0 unspecified atom stereocenters. The summed E-state index contributed by atoms with van der Waals surface area (Å²) < 4.78 is 1.83. The fourth-order valence-electron chi connectivity index (χ4n) is 2.63. The molecule has 26 heavy (non-hydrogen) atoms. The summed E-state index contributed by atoms with van der Waals surface area (Å²) >= 11 is 1.47. The van der Waals surface area contributed by atoms with Crippen molar-refractivity contribution in [1.29, 1.82) is 0 Å². The Labute approximate surface area is 154 Å². The van der Waals surface area contributed by atoms with Crippen molar-refractivity contribution >= 4 is 17.2 Å². The molecule has 3 aromatic heterocycles. The third kappa shape index (κ3) is 3.88. The molecule has 1 amide bonds. The normalized spacial score (nSPS) is 12.2. The lowest BCUT2D eigenvalue weighted by Crippen LogP contribution is -2.38. The van der Waals surface area contributed by atoms with Crippen molar-refractivity contribution in [3.63, 3.8) is 0 Å². The maximum absolute atomic E-state index is 12.4.